The highest BCUT2D eigenvalue weighted by Crippen LogP contribution is 2.65. The van der Waals surface area contributed by atoms with Crippen molar-refractivity contribution >= 4 is 95.0 Å². The van der Waals surface area contributed by atoms with E-state index < -0.39 is 0 Å². The number of hydrogen-bond acceptors (Lipinski definition) is 4. The van der Waals surface area contributed by atoms with E-state index in [-0.39, 0.29) is 44.6 Å². The van der Waals surface area contributed by atoms with Crippen molar-refractivity contribution in [2.45, 2.75) is 180 Å². The third kappa shape index (κ3) is 6.80. The van der Waals surface area contributed by atoms with E-state index in [1.54, 1.807) is 22.3 Å². The van der Waals surface area contributed by atoms with Gasteiger partial charge in [0.1, 0.15) is 0 Å². The molecule has 7 aromatic carbocycles. The van der Waals surface area contributed by atoms with E-state index in [0.29, 0.717) is 0 Å². The molecule has 1 atom stereocenters. The summed E-state index contributed by atoms with van der Waals surface area (Å²) in [5.41, 5.74) is 28.0. The van der Waals surface area contributed by atoms with Crippen LogP contribution >= 0.6 is 11.3 Å². The fourth-order valence-electron chi connectivity index (χ4n) is 15.9. The Labute approximate surface area is 464 Å². The van der Waals surface area contributed by atoms with Gasteiger partial charge in [-0.2, -0.15) is 0 Å². The first kappa shape index (κ1) is 49.3. The van der Waals surface area contributed by atoms with E-state index in [4.69, 9.17) is 0 Å². The Hall–Kier alpha value is -6.04. The highest BCUT2D eigenvalue weighted by atomic mass is 32.1. The number of thiophene rings is 1. The van der Waals surface area contributed by atoms with Crippen LogP contribution in [-0.2, 0) is 37.9 Å². The van der Waals surface area contributed by atoms with Gasteiger partial charge < -0.3 is 14.7 Å². The number of hydrogen-bond donors (Lipinski definition) is 0. The minimum atomic E-state index is -0.179. The molecule has 14 rings (SSSR count). The summed E-state index contributed by atoms with van der Waals surface area (Å²) in [6, 6.07) is 50.5. The molecule has 0 fully saturated rings. The van der Waals surface area contributed by atoms with Gasteiger partial charge in [-0.25, -0.2) is 0 Å². The number of para-hydroxylation sites is 2. The normalized spacial score (nSPS) is 21.1. The molecule has 3 aliphatic carbocycles. The molecule has 0 saturated carbocycles. The summed E-state index contributed by atoms with van der Waals surface area (Å²) in [7, 11) is 0. The number of aryl methyl sites for hydroxylation is 1. The van der Waals surface area contributed by atoms with Crippen LogP contribution in [0, 0.1) is 6.92 Å². The number of benzene rings is 7. The van der Waals surface area contributed by atoms with E-state index in [9.17, 15) is 0 Å². The summed E-state index contributed by atoms with van der Waals surface area (Å²) < 4.78 is 2.87. The van der Waals surface area contributed by atoms with E-state index in [1.807, 2.05) is 0 Å². The van der Waals surface area contributed by atoms with Crippen molar-refractivity contribution in [2.24, 2.45) is 0 Å². The summed E-state index contributed by atoms with van der Waals surface area (Å²) in [5, 5.41) is 1.39. The quantitative estimate of drug-likeness (QED) is 0.163. The zero-order valence-electron chi connectivity index (χ0n) is 48.7. The smallest absolute Gasteiger partial charge is 0.264 e. The standard InChI is InChI=1S/C72H78BN3S/c1-43-38-44(66(2,3)4)26-30-54(43)75-56-39-47(74(45-22-18-16-19-23-45)46-24-20-17-21-25-46)40-57-62(56)73(65-63(75)48-41-51-52(42-58(48)77-65)70(11,12)33-32-69(51,9)10)53-29-27-50-60-64(53)76(57)55-31-28-49-59(71(13,14)35-34-67(49,5)6)61(55)72(60,15)37-36-68(50,7)8/h16-31,38-42H,32-37H2,1-15H3. The minimum absolute atomic E-state index is 0.00938. The van der Waals surface area contributed by atoms with Crippen LogP contribution in [-0.4, -0.2) is 6.71 Å². The fraction of sp³-hybridized carbons (Fsp3) is 0.389. The van der Waals surface area contributed by atoms with Crippen LogP contribution in [0.5, 0.6) is 0 Å². The Morgan fingerprint density at radius 1 is 0.468 bits per heavy atom. The van der Waals surface area contributed by atoms with Crippen molar-refractivity contribution in [1.82, 2.24) is 0 Å². The summed E-state index contributed by atoms with van der Waals surface area (Å²) in [4.78, 5) is 8.12. The van der Waals surface area contributed by atoms with Crippen molar-refractivity contribution in [3.63, 3.8) is 0 Å². The van der Waals surface area contributed by atoms with Crippen LogP contribution < -0.4 is 30.4 Å². The summed E-state index contributed by atoms with van der Waals surface area (Å²) in [6.45, 7) is 37.3. The molecule has 5 heteroatoms. The molecule has 3 nitrogen and oxygen atoms in total. The average molecular weight is 1030 g/mol. The predicted octanol–water partition coefficient (Wildman–Crippen LogP) is 18.4. The molecular weight excluding hydrogens is 950 g/mol. The summed E-state index contributed by atoms with van der Waals surface area (Å²) in [6.07, 6.45) is 7.02. The third-order valence-corrected chi connectivity index (χ3v) is 21.9. The second kappa shape index (κ2) is 15.8. The topological polar surface area (TPSA) is 9.72 Å². The lowest BCUT2D eigenvalue weighted by Crippen LogP contribution is -2.62. The van der Waals surface area contributed by atoms with Crippen LogP contribution in [0.25, 0.3) is 10.1 Å². The molecule has 3 aliphatic heterocycles. The molecule has 0 radical (unpaired) electrons. The predicted molar refractivity (Wildman–Crippen MR) is 333 cm³/mol. The average Bonchev–Trinajstić information content (AvgIpc) is 3.70. The highest BCUT2D eigenvalue weighted by molar-refractivity contribution is 7.33. The van der Waals surface area contributed by atoms with Crippen LogP contribution in [0.15, 0.2) is 127 Å². The first-order valence-corrected chi connectivity index (χ1v) is 29.9. The second-order valence-electron chi connectivity index (χ2n) is 29.0. The van der Waals surface area contributed by atoms with Crippen LogP contribution in [0.4, 0.5) is 51.2 Å². The first-order valence-electron chi connectivity index (χ1n) is 29.1. The van der Waals surface area contributed by atoms with E-state index in [2.05, 4.69) is 257 Å². The van der Waals surface area contributed by atoms with Crippen LogP contribution in [0.3, 0.4) is 0 Å². The maximum Gasteiger partial charge on any atom is 0.264 e. The molecule has 0 spiro atoms. The van der Waals surface area contributed by atoms with Crippen molar-refractivity contribution in [3.8, 4) is 0 Å². The van der Waals surface area contributed by atoms with Gasteiger partial charge in [-0.15, -0.1) is 11.3 Å². The molecule has 0 saturated heterocycles. The van der Waals surface area contributed by atoms with Gasteiger partial charge in [0.05, 0.1) is 17.1 Å². The zero-order valence-corrected chi connectivity index (χ0v) is 49.5. The second-order valence-corrected chi connectivity index (χ2v) is 30.1. The lowest BCUT2D eigenvalue weighted by atomic mass is 9.35. The van der Waals surface area contributed by atoms with Gasteiger partial charge in [-0.05, 0) is 200 Å². The summed E-state index contributed by atoms with van der Waals surface area (Å²) in [5.74, 6) is 0. The highest BCUT2D eigenvalue weighted by Gasteiger charge is 2.56. The SMILES string of the molecule is Cc1cc(C(C)(C)C)ccc1N1c2cc(N(c3ccccc3)c3ccccc3)cc3c2B(c2ccc4c5c2N3c2ccc3c(c2C5(C)CCC4(C)C)C(C)(C)CCC3(C)C)c2sc3cc4c(cc3c21)C(C)(C)CCC4(C)C. The van der Waals surface area contributed by atoms with Crippen molar-refractivity contribution in [2.75, 3.05) is 14.7 Å². The molecule has 8 aromatic rings. The molecule has 390 valence electrons. The molecular formula is C72H78BN3S. The van der Waals surface area contributed by atoms with Crippen molar-refractivity contribution in [3.05, 3.63) is 177 Å². The van der Waals surface area contributed by atoms with Gasteiger partial charge in [0.25, 0.3) is 6.71 Å². The monoisotopic (exact) mass is 1030 g/mol. The number of rotatable bonds is 4. The minimum Gasteiger partial charge on any atom is -0.311 e. The molecule has 4 heterocycles. The molecule has 1 aromatic heterocycles. The Bertz CT molecular complexity index is 3790. The first-order chi connectivity index (χ1) is 36.3. The van der Waals surface area contributed by atoms with E-state index in [1.165, 1.54) is 113 Å². The van der Waals surface area contributed by atoms with Crippen molar-refractivity contribution in [1.29, 1.82) is 0 Å². The van der Waals surface area contributed by atoms with Crippen molar-refractivity contribution < 1.29 is 0 Å². The molecule has 77 heavy (non-hydrogen) atoms. The molecule has 0 N–H and O–H groups in total. The Morgan fingerprint density at radius 2 is 0.987 bits per heavy atom. The molecule has 0 amide bonds. The van der Waals surface area contributed by atoms with Crippen LogP contribution in [0.2, 0.25) is 0 Å². The van der Waals surface area contributed by atoms with E-state index >= 15 is 0 Å². The van der Waals surface area contributed by atoms with Gasteiger partial charge in [-0.3, -0.25) is 0 Å². The lowest BCUT2D eigenvalue weighted by molar-refractivity contribution is 0.311. The number of nitrogens with zero attached hydrogens (tertiary/aromatic N) is 3. The maximum atomic E-state index is 2.84. The maximum absolute atomic E-state index is 2.84. The van der Waals surface area contributed by atoms with Gasteiger partial charge >= 0.3 is 0 Å². The van der Waals surface area contributed by atoms with E-state index in [0.717, 1.165) is 29.9 Å². The Kier molecular flexibility index (Phi) is 10.1. The molecule has 1 unspecified atom stereocenters. The fourth-order valence-corrected chi connectivity index (χ4v) is 17.2. The Balaban J connectivity index is 1.18. The summed E-state index contributed by atoms with van der Waals surface area (Å²) >= 11 is 2.08. The number of anilines is 9. The molecule has 0 bridgehead atoms. The molecule has 6 aliphatic rings. The van der Waals surface area contributed by atoms with Crippen LogP contribution in [0.1, 0.15) is 186 Å². The number of fused-ring (bicyclic) bond motifs is 12. The zero-order chi connectivity index (χ0) is 53.9. The van der Waals surface area contributed by atoms with Gasteiger partial charge in [0, 0.05) is 54.4 Å². The Morgan fingerprint density at radius 3 is 1.58 bits per heavy atom. The van der Waals surface area contributed by atoms with Gasteiger partial charge in [-0.1, -0.05) is 164 Å². The largest absolute Gasteiger partial charge is 0.311 e. The third-order valence-electron chi connectivity index (χ3n) is 20.7. The lowest BCUT2D eigenvalue weighted by Gasteiger charge is -2.56. The van der Waals surface area contributed by atoms with Gasteiger partial charge in [0.15, 0.2) is 0 Å². The van der Waals surface area contributed by atoms with Gasteiger partial charge in [0.2, 0.25) is 0 Å².